The van der Waals surface area contributed by atoms with E-state index < -0.39 is 29.5 Å². The number of rotatable bonds is 4. The lowest BCUT2D eigenvalue weighted by atomic mass is 9.77. The number of carboxylic acids is 1. The summed E-state index contributed by atoms with van der Waals surface area (Å²) in [6.45, 7) is 2.34. The van der Waals surface area contributed by atoms with Crippen molar-refractivity contribution in [1.82, 2.24) is 4.90 Å². The number of fused-ring (bicyclic) bond motifs is 1. The number of amides is 1. The molecular formula is C18H19NO5. The number of ether oxygens (including phenoxy) is 2. The largest absolute Gasteiger partial charge is 0.497 e. The summed E-state index contributed by atoms with van der Waals surface area (Å²) < 4.78 is 11.1. The van der Waals surface area contributed by atoms with E-state index in [9.17, 15) is 14.7 Å². The Morgan fingerprint density at radius 1 is 1.42 bits per heavy atom. The van der Waals surface area contributed by atoms with Crippen molar-refractivity contribution in [3.05, 3.63) is 42.0 Å². The van der Waals surface area contributed by atoms with Gasteiger partial charge in [0.2, 0.25) is 5.91 Å². The maximum absolute atomic E-state index is 12.9. The molecule has 2 fully saturated rings. The molecule has 0 saturated carbocycles. The molecule has 6 heteroatoms. The lowest BCUT2D eigenvalue weighted by molar-refractivity contribution is -0.148. The Balaban J connectivity index is 1.63. The maximum atomic E-state index is 12.9. The van der Waals surface area contributed by atoms with Crippen molar-refractivity contribution in [2.24, 2.45) is 11.8 Å². The normalized spacial score (nSPS) is 34.5. The van der Waals surface area contributed by atoms with Gasteiger partial charge in [-0.2, -0.15) is 0 Å². The molecule has 6 nitrogen and oxygen atoms in total. The average molecular weight is 329 g/mol. The molecule has 1 N–H and O–H groups in total. The minimum Gasteiger partial charge on any atom is -0.497 e. The summed E-state index contributed by atoms with van der Waals surface area (Å²) in [6.07, 6.45) is 3.17. The fourth-order valence-corrected chi connectivity index (χ4v) is 4.20. The molecule has 1 spiro atoms. The van der Waals surface area contributed by atoms with Crippen molar-refractivity contribution >= 4 is 11.9 Å². The zero-order valence-corrected chi connectivity index (χ0v) is 13.5. The first-order chi connectivity index (χ1) is 11.5. The fourth-order valence-electron chi connectivity index (χ4n) is 4.20. The molecule has 0 aromatic heterocycles. The molecule has 4 rings (SSSR count). The van der Waals surface area contributed by atoms with Crippen LogP contribution in [0, 0.1) is 11.8 Å². The van der Waals surface area contributed by atoms with Gasteiger partial charge in [0.15, 0.2) is 0 Å². The first-order valence-corrected chi connectivity index (χ1v) is 8.01. The lowest BCUT2D eigenvalue weighted by Gasteiger charge is -2.27. The van der Waals surface area contributed by atoms with E-state index in [0.29, 0.717) is 6.54 Å². The van der Waals surface area contributed by atoms with Gasteiger partial charge < -0.3 is 19.5 Å². The van der Waals surface area contributed by atoms with Crippen molar-refractivity contribution < 1.29 is 24.2 Å². The highest BCUT2D eigenvalue weighted by atomic mass is 16.5. The van der Waals surface area contributed by atoms with E-state index >= 15 is 0 Å². The van der Waals surface area contributed by atoms with Gasteiger partial charge in [0.1, 0.15) is 17.3 Å². The Bertz CT molecular complexity index is 727. The van der Waals surface area contributed by atoms with Crippen molar-refractivity contribution in [2.75, 3.05) is 13.7 Å². The second kappa shape index (κ2) is 5.08. The van der Waals surface area contributed by atoms with Crippen LogP contribution in [0.15, 0.2) is 36.4 Å². The number of carbonyl (C=O) groups is 2. The van der Waals surface area contributed by atoms with Gasteiger partial charge in [0.05, 0.1) is 31.7 Å². The van der Waals surface area contributed by atoms with Crippen LogP contribution in [-0.2, 0) is 14.3 Å². The number of aliphatic carboxylic acids is 1. The second-order valence-electron chi connectivity index (χ2n) is 6.65. The average Bonchev–Trinajstić information content (AvgIpc) is 3.22. The lowest BCUT2D eigenvalue weighted by Crippen LogP contribution is -2.39. The van der Waals surface area contributed by atoms with Gasteiger partial charge in [-0.3, -0.25) is 9.59 Å². The van der Waals surface area contributed by atoms with Gasteiger partial charge >= 0.3 is 5.97 Å². The SMILES string of the molecule is COc1ccc([C@H](C)N2C[C@@]34C=C[C@H](O3)[C@@H](C(=O)O)[C@@H]4C2=O)cc1. The molecule has 0 unspecified atom stereocenters. The van der Waals surface area contributed by atoms with Crippen LogP contribution in [0.1, 0.15) is 18.5 Å². The molecule has 2 bridgehead atoms. The Labute approximate surface area is 139 Å². The molecule has 3 aliphatic heterocycles. The smallest absolute Gasteiger partial charge is 0.310 e. The van der Waals surface area contributed by atoms with Gasteiger partial charge in [-0.15, -0.1) is 0 Å². The van der Waals surface area contributed by atoms with Crippen LogP contribution in [0.4, 0.5) is 0 Å². The number of hydrogen-bond acceptors (Lipinski definition) is 4. The standard InChI is InChI=1S/C18H19NO5/c1-10(11-3-5-12(23-2)6-4-11)19-9-18-8-7-13(24-18)14(17(21)22)15(18)16(19)20/h3-8,10,13-15H,9H2,1-2H3,(H,21,22)/t10-,13-,14+,15+,18+/m0/s1. The summed E-state index contributed by atoms with van der Waals surface area (Å²) in [6, 6.07) is 7.39. The Kier molecular flexibility index (Phi) is 3.22. The van der Waals surface area contributed by atoms with Gasteiger partial charge in [0, 0.05) is 0 Å². The molecule has 3 aliphatic rings. The van der Waals surface area contributed by atoms with Crippen LogP contribution in [-0.4, -0.2) is 47.2 Å². The molecule has 3 heterocycles. The van der Waals surface area contributed by atoms with E-state index in [2.05, 4.69) is 0 Å². The maximum Gasteiger partial charge on any atom is 0.310 e. The molecule has 1 aromatic carbocycles. The highest BCUT2D eigenvalue weighted by Gasteiger charge is 2.67. The molecule has 1 aromatic rings. The highest BCUT2D eigenvalue weighted by Crippen LogP contribution is 2.53. The Hall–Kier alpha value is -2.34. The van der Waals surface area contributed by atoms with Crippen LogP contribution in [0.25, 0.3) is 0 Å². The molecule has 1 amide bonds. The number of nitrogens with zero attached hydrogens (tertiary/aromatic N) is 1. The van der Waals surface area contributed by atoms with Crippen molar-refractivity contribution in [3.8, 4) is 5.75 Å². The van der Waals surface area contributed by atoms with E-state index in [1.807, 2.05) is 37.3 Å². The first-order valence-electron chi connectivity index (χ1n) is 8.01. The zero-order valence-electron chi connectivity index (χ0n) is 13.5. The minimum absolute atomic E-state index is 0.141. The Morgan fingerprint density at radius 3 is 2.75 bits per heavy atom. The van der Waals surface area contributed by atoms with Crippen LogP contribution >= 0.6 is 0 Å². The molecule has 0 aliphatic carbocycles. The number of carboxylic acid groups (broad SMARTS) is 1. The molecule has 126 valence electrons. The van der Waals surface area contributed by atoms with E-state index in [0.717, 1.165) is 11.3 Å². The summed E-state index contributed by atoms with van der Waals surface area (Å²) in [5.41, 5.74) is 0.192. The molecule has 5 atom stereocenters. The third-order valence-electron chi connectivity index (χ3n) is 5.48. The van der Waals surface area contributed by atoms with E-state index in [1.165, 1.54) is 0 Å². The van der Waals surface area contributed by atoms with Crippen molar-refractivity contribution in [1.29, 1.82) is 0 Å². The van der Waals surface area contributed by atoms with Gasteiger partial charge in [-0.05, 0) is 24.6 Å². The predicted molar refractivity (Wildman–Crippen MR) is 84.5 cm³/mol. The minimum atomic E-state index is -0.969. The van der Waals surface area contributed by atoms with E-state index in [4.69, 9.17) is 9.47 Å². The number of hydrogen-bond donors (Lipinski definition) is 1. The summed E-state index contributed by atoms with van der Waals surface area (Å²) >= 11 is 0. The zero-order chi connectivity index (χ0) is 17.1. The number of carbonyl (C=O) groups excluding carboxylic acids is 1. The monoisotopic (exact) mass is 329 g/mol. The quantitative estimate of drug-likeness (QED) is 0.850. The van der Waals surface area contributed by atoms with Gasteiger partial charge in [-0.25, -0.2) is 0 Å². The summed E-state index contributed by atoms with van der Waals surface area (Å²) in [5, 5.41) is 9.50. The fraction of sp³-hybridized carbons (Fsp3) is 0.444. The van der Waals surface area contributed by atoms with Crippen LogP contribution in [0.3, 0.4) is 0 Å². The topological polar surface area (TPSA) is 76.1 Å². The molecule has 0 radical (unpaired) electrons. The van der Waals surface area contributed by atoms with Crippen LogP contribution in [0.2, 0.25) is 0 Å². The predicted octanol–water partition coefficient (Wildman–Crippen LogP) is 1.62. The molecule has 24 heavy (non-hydrogen) atoms. The first kappa shape index (κ1) is 15.2. The summed E-state index contributed by atoms with van der Waals surface area (Å²) in [5.74, 6) is -1.78. The van der Waals surface area contributed by atoms with Crippen molar-refractivity contribution in [2.45, 2.75) is 24.7 Å². The third kappa shape index (κ3) is 1.92. The summed E-state index contributed by atoms with van der Waals surface area (Å²) in [7, 11) is 1.61. The van der Waals surface area contributed by atoms with E-state index in [-0.39, 0.29) is 11.9 Å². The number of benzene rings is 1. The molecular weight excluding hydrogens is 310 g/mol. The van der Waals surface area contributed by atoms with Crippen LogP contribution in [0.5, 0.6) is 5.75 Å². The third-order valence-corrected chi connectivity index (χ3v) is 5.48. The Morgan fingerprint density at radius 2 is 2.12 bits per heavy atom. The second-order valence-corrected chi connectivity index (χ2v) is 6.65. The van der Waals surface area contributed by atoms with E-state index in [1.54, 1.807) is 18.1 Å². The number of likely N-dealkylation sites (tertiary alicyclic amines) is 1. The van der Waals surface area contributed by atoms with Crippen molar-refractivity contribution in [3.63, 3.8) is 0 Å². The number of methoxy groups -OCH3 is 1. The molecule has 2 saturated heterocycles. The highest BCUT2D eigenvalue weighted by molar-refractivity contribution is 5.91. The summed E-state index contributed by atoms with van der Waals surface area (Å²) in [4.78, 5) is 26.3. The van der Waals surface area contributed by atoms with Crippen LogP contribution < -0.4 is 4.74 Å². The van der Waals surface area contributed by atoms with Gasteiger partial charge in [0.25, 0.3) is 0 Å². The van der Waals surface area contributed by atoms with Gasteiger partial charge in [-0.1, -0.05) is 24.3 Å².